The molecule has 0 spiro atoms. The van der Waals surface area contributed by atoms with Crippen molar-refractivity contribution in [3.63, 3.8) is 0 Å². The van der Waals surface area contributed by atoms with Crippen LogP contribution in [0.1, 0.15) is 56.8 Å². The third-order valence-electron chi connectivity index (χ3n) is 5.01. The second kappa shape index (κ2) is 11.5. The predicted octanol–water partition coefficient (Wildman–Crippen LogP) is 6.26. The van der Waals surface area contributed by atoms with Crippen molar-refractivity contribution in [3.8, 4) is 0 Å². The lowest BCUT2D eigenvalue weighted by molar-refractivity contribution is -0.159. The van der Waals surface area contributed by atoms with Crippen molar-refractivity contribution < 1.29 is 14.3 Å². The Kier molecular flexibility index (Phi) is 8.96. The molecular formula is C25H32O3. The van der Waals surface area contributed by atoms with Gasteiger partial charge in [0.2, 0.25) is 0 Å². The maximum Gasteiger partial charge on any atom is 0.312 e. The summed E-state index contributed by atoms with van der Waals surface area (Å²) in [6.45, 7) is 8.72. The van der Waals surface area contributed by atoms with Gasteiger partial charge >= 0.3 is 5.97 Å². The Morgan fingerprint density at radius 1 is 1.07 bits per heavy atom. The van der Waals surface area contributed by atoms with Gasteiger partial charge in [-0.15, -0.1) is 6.58 Å². The fraction of sp³-hybridized carbons (Fsp3) is 0.400. The summed E-state index contributed by atoms with van der Waals surface area (Å²) >= 11 is 0. The van der Waals surface area contributed by atoms with Gasteiger partial charge in [0, 0.05) is 0 Å². The van der Waals surface area contributed by atoms with Gasteiger partial charge in [0.15, 0.2) is 0 Å². The van der Waals surface area contributed by atoms with E-state index in [1.807, 2.05) is 49.4 Å². The van der Waals surface area contributed by atoms with E-state index < -0.39 is 5.41 Å². The van der Waals surface area contributed by atoms with Gasteiger partial charge < -0.3 is 9.47 Å². The third kappa shape index (κ3) is 6.07. The average molecular weight is 381 g/mol. The summed E-state index contributed by atoms with van der Waals surface area (Å²) in [5.74, 6) is -0.152. The van der Waals surface area contributed by atoms with Crippen molar-refractivity contribution in [3.05, 3.63) is 84.4 Å². The standard InChI is InChI=1S/C25H32O3/c1-4-17-25(18-5-2,24(26)27-6-3)19-23(22-15-11-8-12-16-22)28-20-21-13-9-7-10-14-21/h4,7-16,23H,1,5-6,17-20H2,2-3H3/t23-,25-/m1/s1. The smallest absolute Gasteiger partial charge is 0.312 e. The van der Waals surface area contributed by atoms with Crippen molar-refractivity contribution in [1.82, 2.24) is 0 Å². The van der Waals surface area contributed by atoms with Gasteiger partial charge in [-0.1, -0.05) is 80.1 Å². The number of hydrogen-bond acceptors (Lipinski definition) is 3. The highest BCUT2D eigenvalue weighted by Crippen LogP contribution is 2.41. The van der Waals surface area contributed by atoms with Gasteiger partial charge in [0.1, 0.15) is 0 Å². The van der Waals surface area contributed by atoms with Crippen LogP contribution in [0.25, 0.3) is 0 Å². The van der Waals surface area contributed by atoms with Crippen LogP contribution < -0.4 is 0 Å². The fourth-order valence-corrected chi connectivity index (χ4v) is 3.66. The van der Waals surface area contributed by atoms with Crippen molar-refractivity contribution >= 4 is 5.97 Å². The molecule has 150 valence electrons. The number of allylic oxidation sites excluding steroid dienone is 1. The zero-order valence-corrected chi connectivity index (χ0v) is 17.1. The van der Waals surface area contributed by atoms with Crippen molar-refractivity contribution in [2.45, 2.75) is 52.2 Å². The number of esters is 1. The number of benzene rings is 2. The van der Waals surface area contributed by atoms with Gasteiger partial charge in [-0.25, -0.2) is 0 Å². The average Bonchev–Trinajstić information content (AvgIpc) is 2.73. The van der Waals surface area contributed by atoms with Gasteiger partial charge in [0.05, 0.1) is 24.7 Å². The number of carbonyl (C=O) groups is 1. The summed E-state index contributed by atoms with van der Waals surface area (Å²) in [6, 6.07) is 20.2. The minimum atomic E-state index is -0.621. The monoisotopic (exact) mass is 380 g/mol. The third-order valence-corrected chi connectivity index (χ3v) is 5.01. The number of hydrogen-bond donors (Lipinski definition) is 0. The van der Waals surface area contributed by atoms with Crippen LogP contribution in [0, 0.1) is 5.41 Å². The number of carbonyl (C=O) groups excluding carboxylic acids is 1. The van der Waals surface area contributed by atoms with Crippen molar-refractivity contribution in [1.29, 1.82) is 0 Å². The first kappa shape index (κ1) is 21.9. The lowest BCUT2D eigenvalue weighted by Crippen LogP contribution is -2.35. The lowest BCUT2D eigenvalue weighted by atomic mass is 9.74. The first-order valence-corrected chi connectivity index (χ1v) is 10.1. The fourth-order valence-electron chi connectivity index (χ4n) is 3.66. The quantitative estimate of drug-likeness (QED) is 0.322. The van der Waals surface area contributed by atoms with E-state index in [0.717, 1.165) is 24.0 Å². The highest BCUT2D eigenvalue weighted by Gasteiger charge is 2.40. The van der Waals surface area contributed by atoms with Crippen LogP contribution in [0.5, 0.6) is 0 Å². The molecule has 0 aliphatic carbocycles. The molecule has 0 saturated heterocycles. The molecule has 0 heterocycles. The molecule has 0 aromatic heterocycles. The summed E-state index contributed by atoms with van der Waals surface area (Å²) in [5, 5.41) is 0. The number of rotatable bonds is 12. The predicted molar refractivity (Wildman–Crippen MR) is 114 cm³/mol. The largest absolute Gasteiger partial charge is 0.466 e. The molecule has 0 bridgehead atoms. The highest BCUT2D eigenvalue weighted by molar-refractivity contribution is 5.77. The molecule has 28 heavy (non-hydrogen) atoms. The Hall–Kier alpha value is -2.39. The molecule has 3 heteroatoms. The van der Waals surface area contributed by atoms with Crippen LogP contribution in [0.3, 0.4) is 0 Å². The molecule has 0 N–H and O–H groups in total. The minimum Gasteiger partial charge on any atom is -0.466 e. The highest BCUT2D eigenvalue weighted by atomic mass is 16.5. The Bertz CT molecular complexity index is 711. The van der Waals surface area contributed by atoms with E-state index in [4.69, 9.17) is 9.47 Å². The molecule has 0 unspecified atom stereocenters. The van der Waals surface area contributed by atoms with Crippen LogP contribution in [-0.2, 0) is 20.9 Å². The molecule has 0 radical (unpaired) electrons. The van der Waals surface area contributed by atoms with E-state index >= 15 is 0 Å². The maximum atomic E-state index is 13.0. The second-order valence-electron chi connectivity index (χ2n) is 7.14. The summed E-state index contributed by atoms with van der Waals surface area (Å²) in [7, 11) is 0. The lowest BCUT2D eigenvalue weighted by Gasteiger charge is -2.34. The minimum absolute atomic E-state index is 0.152. The zero-order chi connectivity index (χ0) is 20.2. The van der Waals surface area contributed by atoms with Gasteiger partial charge in [0.25, 0.3) is 0 Å². The molecule has 0 aliphatic heterocycles. The topological polar surface area (TPSA) is 35.5 Å². The molecular weight excluding hydrogens is 348 g/mol. The summed E-state index contributed by atoms with van der Waals surface area (Å²) in [6.07, 6.45) is 4.42. The van der Waals surface area contributed by atoms with E-state index in [1.54, 1.807) is 0 Å². The van der Waals surface area contributed by atoms with Crippen LogP contribution in [0.15, 0.2) is 73.3 Å². The first-order chi connectivity index (χ1) is 13.6. The maximum absolute atomic E-state index is 13.0. The van der Waals surface area contributed by atoms with E-state index in [2.05, 4.69) is 37.8 Å². The number of ether oxygens (including phenoxy) is 2. The Labute approximate surface area is 169 Å². The molecule has 0 aliphatic rings. The van der Waals surface area contributed by atoms with Crippen LogP contribution in [-0.4, -0.2) is 12.6 Å². The van der Waals surface area contributed by atoms with Gasteiger partial charge in [-0.05, 0) is 37.3 Å². The van der Waals surface area contributed by atoms with E-state index in [-0.39, 0.29) is 12.1 Å². The molecule has 2 aromatic rings. The normalized spacial score (nSPS) is 14.1. The summed E-state index contributed by atoms with van der Waals surface area (Å²) in [4.78, 5) is 13.0. The molecule has 2 atom stereocenters. The Morgan fingerprint density at radius 3 is 2.29 bits per heavy atom. The van der Waals surface area contributed by atoms with Crippen LogP contribution in [0.2, 0.25) is 0 Å². The van der Waals surface area contributed by atoms with E-state index in [9.17, 15) is 4.79 Å². The molecule has 0 amide bonds. The molecule has 2 rings (SSSR count). The van der Waals surface area contributed by atoms with Crippen molar-refractivity contribution in [2.75, 3.05) is 6.61 Å². The van der Waals surface area contributed by atoms with E-state index in [1.165, 1.54) is 0 Å². The van der Waals surface area contributed by atoms with Crippen LogP contribution in [0.4, 0.5) is 0 Å². The van der Waals surface area contributed by atoms with Crippen molar-refractivity contribution in [2.24, 2.45) is 5.41 Å². The summed E-state index contributed by atoms with van der Waals surface area (Å²) in [5.41, 5.74) is 1.57. The zero-order valence-electron chi connectivity index (χ0n) is 17.1. The Balaban J connectivity index is 2.30. The van der Waals surface area contributed by atoms with Gasteiger partial charge in [-0.2, -0.15) is 0 Å². The molecule has 3 nitrogen and oxygen atoms in total. The van der Waals surface area contributed by atoms with E-state index in [0.29, 0.717) is 26.1 Å². The van der Waals surface area contributed by atoms with Crippen LogP contribution >= 0.6 is 0 Å². The first-order valence-electron chi connectivity index (χ1n) is 10.1. The molecule has 0 fully saturated rings. The molecule has 0 saturated carbocycles. The summed E-state index contributed by atoms with van der Waals surface area (Å²) < 4.78 is 11.8. The second-order valence-corrected chi connectivity index (χ2v) is 7.14. The SMILES string of the molecule is C=CC[C@@](CCC)(C[C@@H](OCc1ccccc1)c1ccccc1)C(=O)OCC. The Morgan fingerprint density at radius 2 is 1.71 bits per heavy atom. The van der Waals surface area contributed by atoms with Gasteiger partial charge in [-0.3, -0.25) is 4.79 Å². The molecule has 2 aromatic carbocycles.